The molecule has 0 radical (unpaired) electrons. The van der Waals surface area contributed by atoms with E-state index in [1.807, 2.05) is 28.0 Å². The smallest absolute Gasteiger partial charge is 0.341 e. The predicted molar refractivity (Wildman–Crippen MR) is 145 cm³/mol. The van der Waals surface area contributed by atoms with Crippen LogP contribution in [0.3, 0.4) is 0 Å². The van der Waals surface area contributed by atoms with Gasteiger partial charge in [-0.1, -0.05) is 6.07 Å². The van der Waals surface area contributed by atoms with Crippen molar-refractivity contribution in [3.05, 3.63) is 64.3 Å². The van der Waals surface area contributed by atoms with E-state index < -0.39 is 17.2 Å². The Morgan fingerprint density at radius 3 is 2.33 bits per heavy atom. The number of anilines is 2. The number of pyridine rings is 2. The maximum Gasteiger partial charge on any atom is 0.341 e. The van der Waals surface area contributed by atoms with Crippen molar-refractivity contribution in [2.45, 2.75) is 18.9 Å². The Morgan fingerprint density at radius 2 is 1.69 bits per heavy atom. The zero-order chi connectivity index (χ0) is 27.1. The Bertz CT molecular complexity index is 1460. The molecule has 6 rings (SSSR count). The molecule has 3 fully saturated rings. The number of benzene rings is 1. The van der Waals surface area contributed by atoms with Crippen LogP contribution in [0, 0.1) is 5.82 Å². The van der Waals surface area contributed by atoms with Gasteiger partial charge in [0.15, 0.2) is 0 Å². The van der Waals surface area contributed by atoms with Crippen LogP contribution in [0.2, 0.25) is 0 Å². The lowest BCUT2D eigenvalue weighted by Gasteiger charge is -2.39. The summed E-state index contributed by atoms with van der Waals surface area (Å²) >= 11 is 0. The van der Waals surface area contributed by atoms with Gasteiger partial charge in [-0.3, -0.25) is 14.5 Å². The van der Waals surface area contributed by atoms with Crippen LogP contribution in [0.4, 0.5) is 15.9 Å². The number of aromatic nitrogens is 2. The lowest BCUT2D eigenvalue weighted by atomic mass is 10.1. The number of carbonyl (C=O) groups is 2. The van der Waals surface area contributed by atoms with E-state index >= 15 is 4.39 Å². The highest BCUT2D eigenvalue weighted by atomic mass is 19.1. The first kappa shape index (κ1) is 25.3. The standard InChI is InChI=1S/C28H31FN6O4/c29-22-15-20-23(35(19-4-5-19)17-21(27(20)37)28(38)39)16-24(22)32-11-13-34(14-12-32)26(36)18-31-7-9-33(10-8-31)25-3-1-2-6-30-25/h1-3,6,15-17,19H,4-5,7-14,18H2,(H,38,39). The quantitative estimate of drug-likeness (QED) is 0.513. The molecule has 0 atom stereocenters. The van der Waals surface area contributed by atoms with Crippen molar-refractivity contribution in [2.24, 2.45) is 0 Å². The molecule has 2 aliphatic heterocycles. The van der Waals surface area contributed by atoms with Crippen molar-refractivity contribution in [3.63, 3.8) is 0 Å². The van der Waals surface area contributed by atoms with Crippen LogP contribution in [-0.2, 0) is 4.79 Å². The number of carbonyl (C=O) groups excluding carboxylic acids is 1. The number of aromatic carboxylic acids is 1. The highest BCUT2D eigenvalue weighted by Gasteiger charge is 2.29. The topological polar surface area (TPSA) is 102 Å². The Balaban J connectivity index is 1.10. The number of nitrogens with zero attached hydrogens (tertiary/aromatic N) is 6. The zero-order valence-electron chi connectivity index (χ0n) is 21.6. The monoisotopic (exact) mass is 534 g/mol. The van der Waals surface area contributed by atoms with E-state index in [2.05, 4.69) is 14.8 Å². The van der Waals surface area contributed by atoms with Gasteiger partial charge in [0.2, 0.25) is 11.3 Å². The maximum atomic E-state index is 15.3. The molecule has 3 aromatic rings. The number of piperazine rings is 2. The number of rotatable bonds is 6. The van der Waals surface area contributed by atoms with Crippen LogP contribution >= 0.6 is 0 Å². The van der Waals surface area contributed by atoms with Crippen molar-refractivity contribution in [1.82, 2.24) is 19.4 Å². The fourth-order valence-corrected chi connectivity index (χ4v) is 5.57. The van der Waals surface area contributed by atoms with Crippen molar-refractivity contribution >= 4 is 34.3 Å². The van der Waals surface area contributed by atoms with E-state index in [1.54, 1.807) is 16.8 Å². The van der Waals surface area contributed by atoms with Gasteiger partial charge in [-0.15, -0.1) is 0 Å². The summed E-state index contributed by atoms with van der Waals surface area (Å²) in [6.07, 6.45) is 4.96. The Hall–Kier alpha value is -3.99. The molecule has 2 saturated heterocycles. The van der Waals surface area contributed by atoms with Gasteiger partial charge >= 0.3 is 5.97 Å². The second-order valence-corrected chi connectivity index (χ2v) is 10.5. The summed E-state index contributed by atoms with van der Waals surface area (Å²) in [5.41, 5.74) is -0.0904. The van der Waals surface area contributed by atoms with Crippen molar-refractivity contribution in [3.8, 4) is 0 Å². The molecule has 1 aliphatic carbocycles. The predicted octanol–water partition coefficient (Wildman–Crippen LogP) is 2.04. The van der Waals surface area contributed by atoms with Crippen molar-refractivity contribution < 1.29 is 19.1 Å². The van der Waals surface area contributed by atoms with E-state index in [0.717, 1.165) is 44.8 Å². The minimum absolute atomic E-state index is 0.0729. The number of hydrogen-bond donors (Lipinski definition) is 1. The van der Waals surface area contributed by atoms with E-state index in [1.165, 1.54) is 12.3 Å². The van der Waals surface area contributed by atoms with Gasteiger partial charge in [0.05, 0.1) is 17.7 Å². The second kappa shape index (κ2) is 10.3. The molecule has 1 amide bonds. The van der Waals surface area contributed by atoms with E-state index in [0.29, 0.717) is 43.9 Å². The number of amides is 1. The third-order valence-electron chi connectivity index (χ3n) is 7.95. The lowest BCUT2D eigenvalue weighted by Crippen LogP contribution is -2.54. The summed E-state index contributed by atoms with van der Waals surface area (Å²) in [5, 5.41) is 9.54. The van der Waals surface area contributed by atoms with Gasteiger partial charge < -0.3 is 24.4 Å². The SMILES string of the molecule is O=C(O)c1cn(C2CC2)c2cc(N3CCN(C(=O)CN4CCN(c5ccccn5)CC4)CC3)c(F)cc2c1=O. The second-order valence-electron chi connectivity index (χ2n) is 10.5. The Kier molecular flexibility index (Phi) is 6.68. The van der Waals surface area contributed by atoms with E-state index in [9.17, 15) is 19.5 Å². The highest BCUT2D eigenvalue weighted by molar-refractivity contribution is 5.93. The molecular weight excluding hydrogens is 503 g/mol. The highest BCUT2D eigenvalue weighted by Crippen LogP contribution is 2.38. The van der Waals surface area contributed by atoms with Gasteiger partial charge in [0.1, 0.15) is 17.2 Å². The van der Waals surface area contributed by atoms with Crippen LogP contribution in [-0.4, -0.2) is 95.2 Å². The molecule has 0 spiro atoms. The number of carboxylic acid groups (broad SMARTS) is 1. The molecule has 204 valence electrons. The number of hydrogen-bond acceptors (Lipinski definition) is 7. The lowest BCUT2D eigenvalue weighted by molar-refractivity contribution is -0.132. The van der Waals surface area contributed by atoms with Gasteiger partial charge in [-0.25, -0.2) is 14.2 Å². The summed E-state index contributed by atoms with van der Waals surface area (Å²) < 4.78 is 17.1. The normalized spacial score (nSPS) is 18.5. The molecule has 2 aromatic heterocycles. The summed E-state index contributed by atoms with van der Waals surface area (Å²) in [6, 6.07) is 8.81. The molecule has 4 heterocycles. The first-order chi connectivity index (χ1) is 18.9. The molecular formula is C28H31FN6O4. The van der Waals surface area contributed by atoms with Crippen molar-refractivity contribution in [2.75, 3.05) is 68.7 Å². The molecule has 1 saturated carbocycles. The van der Waals surface area contributed by atoms with Crippen LogP contribution in [0.25, 0.3) is 10.9 Å². The van der Waals surface area contributed by atoms with E-state index in [-0.39, 0.29) is 22.9 Å². The molecule has 1 N–H and O–H groups in total. The molecule has 11 heteroatoms. The van der Waals surface area contributed by atoms with Gasteiger partial charge in [-0.05, 0) is 37.1 Å². The molecule has 0 unspecified atom stereocenters. The van der Waals surface area contributed by atoms with Crippen LogP contribution in [0.1, 0.15) is 29.2 Å². The van der Waals surface area contributed by atoms with Crippen LogP contribution in [0.15, 0.2) is 47.5 Å². The summed E-state index contributed by atoms with van der Waals surface area (Å²) in [4.78, 5) is 49.9. The number of halogens is 1. The van der Waals surface area contributed by atoms with Gasteiger partial charge in [0, 0.05) is 76.2 Å². The third kappa shape index (κ3) is 5.06. The first-order valence-corrected chi connectivity index (χ1v) is 13.4. The first-order valence-electron chi connectivity index (χ1n) is 13.4. The molecule has 0 bridgehead atoms. The molecule has 1 aromatic carbocycles. The molecule has 10 nitrogen and oxygen atoms in total. The average molecular weight is 535 g/mol. The fraction of sp³-hybridized carbons (Fsp3) is 0.429. The van der Waals surface area contributed by atoms with E-state index in [4.69, 9.17) is 0 Å². The fourth-order valence-electron chi connectivity index (χ4n) is 5.57. The zero-order valence-corrected chi connectivity index (χ0v) is 21.6. The Labute approximate surface area is 224 Å². The Morgan fingerprint density at radius 1 is 0.974 bits per heavy atom. The van der Waals surface area contributed by atoms with Gasteiger partial charge in [-0.2, -0.15) is 0 Å². The summed E-state index contributed by atoms with van der Waals surface area (Å²) in [6.45, 7) is 5.49. The molecule has 39 heavy (non-hydrogen) atoms. The maximum absolute atomic E-state index is 15.3. The minimum atomic E-state index is -1.31. The minimum Gasteiger partial charge on any atom is -0.477 e. The molecule has 3 aliphatic rings. The summed E-state index contributed by atoms with van der Waals surface area (Å²) in [7, 11) is 0. The number of carboxylic acids is 1. The number of fused-ring (bicyclic) bond motifs is 1. The average Bonchev–Trinajstić information content (AvgIpc) is 3.80. The van der Waals surface area contributed by atoms with Crippen LogP contribution < -0.4 is 15.2 Å². The van der Waals surface area contributed by atoms with Crippen LogP contribution in [0.5, 0.6) is 0 Å². The third-order valence-corrected chi connectivity index (χ3v) is 7.95. The van der Waals surface area contributed by atoms with Crippen molar-refractivity contribution in [1.29, 1.82) is 0 Å². The largest absolute Gasteiger partial charge is 0.477 e. The van der Waals surface area contributed by atoms with Gasteiger partial charge in [0.25, 0.3) is 0 Å². The summed E-state index contributed by atoms with van der Waals surface area (Å²) in [5.74, 6) is -0.840.